The summed E-state index contributed by atoms with van der Waals surface area (Å²) in [4.78, 5) is 10.3. The number of aliphatic carboxylic acids is 1. The van der Waals surface area contributed by atoms with E-state index in [0.717, 1.165) is 0 Å². The van der Waals surface area contributed by atoms with Gasteiger partial charge >= 0.3 is 5.97 Å². The number of carboxylic acid groups (broad SMARTS) is 1. The highest BCUT2D eigenvalue weighted by Gasteiger charge is 2.08. The summed E-state index contributed by atoms with van der Waals surface area (Å²) in [6.45, 7) is 0.369. The first-order valence-electron chi connectivity index (χ1n) is 5.00. The van der Waals surface area contributed by atoms with E-state index in [-0.39, 0.29) is 6.42 Å². The largest absolute Gasteiger partial charge is 0.490 e. The lowest BCUT2D eigenvalue weighted by atomic mass is 10.2. The molecule has 1 rings (SSSR count). The number of carboxylic acids is 1. The van der Waals surface area contributed by atoms with Crippen LogP contribution >= 0.6 is 34.8 Å². The van der Waals surface area contributed by atoms with Crippen molar-refractivity contribution in [2.24, 2.45) is 0 Å². The van der Waals surface area contributed by atoms with Crippen molar-refractivity contribution in [3.8, 4) is 5.75 Å². The summed E-state index contributed by atoms with van der Waals surface area (Å²) in [7, 11) is 0. The van der Waals surface area contributed by atoms with E-state index in [0.29, 0.717) is 40.3 Å². The lowest BCUT2D eigenvalue weighted by Crippen LogP contribution is -2.01. The van der Waals surface area contributed by atoms with E-state index in [9.17, 15) is 4.79 Å². The van der Waals surface area contributed by atoms with Crippen LogP contribution in [0.15, 0.2) is 12.1 Å². The Morgan fingerprint density at radius 1 is 1.18 bits per heavy atom. The first-order chi connectivity index (χ1) is 8.00. The third kappa shape index (κ3) is 5.02. The minimum absolute atomic E-state index is 0.130. The van der Waals surface area contributed by atoms with Crippen LogP contribution in [-0.2, 0) is 4.79 Å². The first-order valence-corrected chi connectivity index (χ1v) is 6.13. The molecular weight excluding hydrogens is 286 g/mol. The molecule has 1 N–H and O–H groups in total. The van der Waals surface area contributed by atoms with Gasteiger partial charge in [0.05, 0.1) is 16.7 Å². The predicted molar refractivity (Wildman–Crippen MR) is 68.5 cm³/mol. The zero-order chi connectivity index (χ0) is 12.8. The molecule has 0 unspecified atom stereocenters. The fourth-order valence-corrected chi connectivity index (χ4v) is 2.15. The molecule has 0 amide bonds. The van der Waals surface area contributed by atoms with Crippen LogP contribution in [0.25, 0.3) is 0 Å². The molecule has 0 aliphatic carbocycles. The number of hydrogen-bond acceptors (Lipinski definition) is 2. The molecule has 1 aromatic carbocycles. The minimum Gasteiger partial charge on any atom is -0.490 e. The van der Waals surface area contributed by atoms with Crippen LogP contribution < -0.4 is 4.74 Å². The molecule has 0 aliphatic rings. The van der Waals surface area contributed by atoms with Crippen LogP contribution in [0.1, 0.15) is 19.3 Å². The number of halogens is 3. The van der Waals surface area contributed by atoms with Gasteiger partial charge in [-0.25, -0.2) is 0 Å². The van der Waals surface area contributed by atoms with Crippen molar-refractivity contribution in [2.45, 2.75) is 19.3 Å². The number of ether oxygens (including phenoxy) is 1. The number of benzene rings is 1. The summed E-state index contributed by atoms with van der Waals surface area (Å²) >= 11 is 17.6. The Hall–Kier alpha value is -0.640. The van der Waals surface area contributed by atoms with E-state index in [4.69, 9.17) is 44.6 Å². The second-order valence-corrected chi connectivity index (χ2v) is 4.65. The third-order valence-electron chi connectivity index (χ3n) is 1.99. The molecule has 6 heteroatoms. The van der Waals surface area contributed by atoms with E-state index >= 15 is 0 Å². The summed E-state index contributed by atoms with van der Waals surface area (Å²) in [6.07, 6.45) is 1.31. The summed E-state index contributed by atoms with van der Waals surface area (Å²) < 4.78 is 5.39. The van der Waals surface area contributed by atoms with Gasteiger partial charge in [0.25, 0.3) is 0 Å². The molecule has 0 heterocycles. The zero-order valence-corrected chi connectivity index (χ0v) is 11.1. The van der Waals surface area contributed by atoms with Gasteiger partial charge in [0.1, 0.15) is 0 Å². The van der Waals surface area contributed by atoms with Crippen molar-refractivity contribution in [3.63, 3.8) is 0 Å². The topological polar surface area (TPSA) is 46.5 Å². The van der Waals surface area contributed by atoms with E-state index < -0.39 is 5.97 Å². The lowest BCUT2D eigenvalue weighted by molar-refractivity contribution is -0.137. The van der Waals surface area contributed by atoms with Crippen molar-refractivity contribution < 1.29 is 14.6 Å². The Balaban J connectivity index is 2.44. The second kappa shape index (κ2) is 6.94. The molecule has 17 heavy (non-hydrogen) atoms. The highest BCUT2D eigenvalue weighted by Crippen LogP contribution is 2.35. The van der Waals surface area contributed by atoms with Crippen molar-refractivity contribution in [3.05, 3.63) is 27.2 Å². The van der Waals surface area contributed by atoms with Gasteiger partial charge in [-0.1, -0.05) is 34.8 Å². The molecule has 0 saturated heterocycles. The van der Waals surface area contributed by atoms with E-state index in [1.54, 1.807) is 12.1 Å². The second-order valence-electron chi connectivity index (χ2n) is 3.40. The number of rotatable bonds is 6. The smallest absolute Gasteiger partial charge is 0.303 e. The summed E-state index contributed by atoms with van der Waals surface area (Å²) in [5.41, 5.74) is 0. The van der Waals surface area contributed by atoms with Crippen LogP contribution in [-0.4, -0.2) is 17.7 Å². The van der Waals surface area contributed by atoms with Crippen molar-refractivity contribution in [2.75, 3.05) is 6.61 Å². The standard InChI is InChI=1S/C11H11Cl3O3/c12-7-5-8(13)11(9(14)6-7)17-4-2-1-3-10(15)16/h5-6H,1-4H2,(H,15,16). The average Bonchev–Trinajstić information content (AvgIpc) is 2.20. The molecule has 0 bridgehead atoms. The summed E-state index contributed by atoms with van der Waals surface area (Å²) in [6, 6.07) is 3.09. The number of unbranched alkanes of at least 4 members (excludes halogenated alkanes) is 1. The molecule has 0 saturated carbocycles. The van der Waals surface area contributed by atoms with E-state index in [1.807, 2.05) is 0 Å². The molecule has 0 spiro atoms. The highest BCUT2D eigenvalue weighted by molar-refractivity contribution is 6.40. The van der Waals surface area contributed by atoms with E-state index in [1.165, 1.54) is 0 Å². The summed E-state index contributed by atoms with van der Waals surface area (Å²) in [5, 5.41) is 9.59. The first kappa shape index (κ1) is 14.4. The Labute approximate surface area is 114 Å². The molecule has 0 aromatic heterocycles. The Morgan fingerprint density at radius 3 is 2.29 bits per heavy atom. The van der Waals surface area contributed by atoms with Crippen LogP contribution in [0.2, 0.25) is 15.1 Å². The van der Waals surface area contributed by atoms with Gasteiger partial charge in [0, 0.05) is 11.4 Å². The predicted octanol–water partition coefficient (Wildman–Crippen LogP) is 4.28. The van der Waals surface area contributed by atoms with Crippen LogP contribution in [0.3, 0.4) is 0 Å². The third-order valence-corrected chi connectivity index (χ3v) is 2.77. The van der Waals surface area contributed by atoms with E-state index in [2.05, 4.69) is 0 Å². The lowest BCUT2D eigenvalue weighted by Gasteiger charge is -2.09. The summed E-state index contributed by atoms with van der Waals surface area (Å²) in [5.74, 6) is -0.430. The van der Waals surface area contributed by atoms with Crippen LogP contribution in [0.4, 0.5) is 0 Å². The average molecular weight is 298 g/mol. The Kier molecular flexibility index (Phi) is 5.89. The Morgan fingerprint density at radius 2 is 1.76 bits per heavy atom. The van der Waals surface area contributed by atoms with Crippen molar-refractivity contribution >= 4 is 40.8 Å². The monoisotopic (exact) mass is 296 g/mol. The fraction of sp³-hybridized carbons (Fsp3) is 0.364. The van der Waals surface area contributed by atoms with Crippen molar-refractivity contribution in [1.82, 2.24) is 0 Å². The van der Waals surface area contributed by atoms with Gasteiger partial charge in [0.15, 0.2) is 5.75 Å². The van der Waals surface area contributed by atoms with Gasteiger partial charge in [-0.3, -0.25) is 4.79 Å². The molecule has 1 aromatic rings. The fourth-order valence-electron chi connectivity index (χ4n) is 1.22. The maximum atomic E-state index is 10.3. The number of carbonyl (C=O) groups is 1. The molecule has 94 valence electrons. The highest BCUT2D eigenvalue weighted by atomic mass is 35.5. The molecule has 3 nitrogen and oxygen atoms in total. The quantitative estimate of drug-likeness (QED) is 0.797. The van der Waals surface area contributed by atoms with Gasteiger partial charge in [-0.15, -0.1) is 0 Å². The maximum absolute atomic E-state index is 10.3. The zero-order valence-electron chi connectivity index (χ0n) is 8.88. The molecule has 0 aliphatic heterocycles. The van der Waals surface area contributed by atoms with Gasteiger partial charge in [-0.05, 0) is 25.0 Å². The molecular formula is C11H11Cl3O3. The normalized spacial score (nSPS) is 10.3. The minimum atomic E-state index is -0.812. The van der Waals surface area contributed by atoms with Gasteiger partial charge in [0.2, 0.25) is 0 Å². The molecule has 0 fully saturated rings. The number of hydrogen-bond donors (Lipinski definition) is 1. The van der Waals surface area contributed by atoms with Crippen molar-refractivity contribution in [1.29, 1.82) is 0 Å². The molecule has 0 radical (unpaired) electrons. The maximum Gasteiger partial charge on any atom is 0.303 e. The SMILES string of the molecule is O=C(O)CCCCOc1c(Cl)cc(Cl)cc1Cl. The van der Waals surface area contributed by atoms with Crippen LogP contribution in [0.5, 0.6) is 5.75 Å². The Bertz CT molecular complexity index is 384. The molecule has 0 atom stereocenters. The van der Waals surface area contributed by atoms with Gasteiger partial charge < -0.3 is 9.84 Å². The van der Waals surface area contributed by atoms with Gasteiger partial charge in [-0.2, -0.15) is 0 Å². The van der Waals surface area contributed by atoms with Crippen LogP contribution in [0, 0.1) is 0 Å².